The summed E-state index contributed by atoms with van der Waals surface area (Å²) in [6, 6.07) is 1.18. The minimum atomic E-state index is -1.05. The molecule has 1 nitrogen and oxygen atoms in total. The fourth-order valence-electron chi connectivity index (χ4n) is 1.32. The predicted molar refractivity (Wildman–Crippen MR) is 72.1 cm³/mol. The molecular formula is C13H26OSi. The first-order chi connectivity index (χ1) is 6.85. The van der Waals surface area contributed by atoms with Gasteiger partial charge in [0, 0.05) is 8.07 Å². The zero-order chi connectivity index (χ0) is 11.9. The van der Waals surface area contributed by atoms with Gasteiger partial charge in [-0.1, -0.05) is 51.7 Å². The van der Waals surface area contributed by atoms with E-state index in [-0.39, 0.29) is 6.10 Å². The summed E-state index contributed by atoms with van der Waals surface area (Å²) in [6.07, 6.45) is 6.54. The Morgan fingerprint density at radius 1 is 1.20 bits per heavy atom. The van der Waals surface area contributed by atoms with Crippen LogP contribution in [0.1, 0.15) is 13.8 Å². The first-order valence-corrected chi connectivity index (χ1v) is 9.46. The molecule has 0 fully saturated rings. The molecule has 0 radical (unpaired) electrons. The van der Waals surface area contributed by atoms with E-state index in [2.05, 4.69) is 52.2 Å². The van der Waals surface area contributed by atoms with Crippen molar-refractivity contribution in [3.05, 3.63) is 24.8 Å². The summed E-state index contributed by atoms with van der Waals surface area (Å²) < 4.78 is 5.75. The molecule has 0 saturated carbocycles. The first-order valence-electron chi connectivity index (χ1n) is 5.76. The van der Waals surface area contributed by atoms with Crippen molar-refractivity contribution in [3.8, 4) is 0 Å². The highest BCUT2D eigenvalue weighted by molar-refractivity contribution is 6.76. The summed E-state index contributed by atoms with van der Waals surface area (Å²) in [5.74, 6) is 0.599. The molecule has 0 rings (SSSR count). The third-order valence-electron chi connectivity index (χ3n) is 1.95. The standard InChI is InChI=1S/C13H26OSi/c1-7-10-14-13(9-8-12(2)3)11-15(4,5)6/h7-9,12-13H,1,10-11H2,2-6H3/b9-8+. The molecule has 0 aliphatic heterocycles. The molecule has 0 aromatic heterocycles. The third kappa shape index (κ3) is 9.95. The van der Waals surface area contributed by atoms with Crippen LogP contribution in [0.2, 0.25) is 25.7 Å². The van der Waals surface area contributed by atoms with E-state index in [1.807, 2.05) is 6.08 Å². The van der Waals surface area contributed by atoms with Gasteiger partial charge in [0.15, 0.2) is 0 Å². The lowest BCUT2D eigenvalue weighted by Crippen LogP contribution is -2.27. The van der Waals surface area contributed by atoms with Gasteiger partial charge in [0.1, 0.15) is 0 Å². The lowest BCUT2D eigenvalue weighted by molar-refractivity contribution is 0.121. The van der Waals surface area contributed by atoms with E-state index >= 15 is 0 Å². The molecule has 2 heteroatoms. The van der Waals surface area contributed by atoms with Crippen LogP contribution in [0.5, 0.6) is 0 Å². The highest BCUT2D eigenvalue weighted by atomic mass is 28.3. The van der Waals surface area contributed by atoms with E-state index in [1.54, 1.807) is 0 Å². The van der Waals surface area contributed by atoms with Crippen LogP contribution in [0.3, 0.4) is 0 Å². The zero-order valence-corrected chi connectivity index (χ0v) is 11.9. The highest BCUT2D eigenvalue weighted by Crippen LogP contribution is 2.16. The van der Waals surface area contributed by atoms with E-state index in [1.165, 1.54) is 6.04 Å². The Hall–Kier alpha value is -0.343. The Kier molecular flexibility index (Phi) is 6.86. The second-order valence-corrected chi connectivity index (χ2v) is 11.1. The number of rotatable bonds is 7. The molecule has 0 spiro atoms. The lowest BCUT2D eigenvalue weighted by Gasteiger charge is -2.22. The van der Waals surface area contributed by atoms with E-state index in [0.29, 0.717) is 12.5 Å². The molecule has 88 valence electrons. The van der Waals surface area contributed by atoms with Gasteiger partial charge < -0.3 is 4.74 Å². The van der Waals surface area contributed by atoms with Crippen molar-refractivity contribution in [1.29, 1.82) is 0 Å². The zero-order valence-electron chi connectivity index (χ0n) is 10.9. The molecule has 0 aromatic rings. The largest absolute Gasteiger partial charge is 0.370 e. The summed E-state index contributed by atoms with van der Waals surface area (Å²) in [5.41, 5.74) is 0. The molecule has 0 saturated heterocycles. The second kappa shape index (κ2) is 7.02. The van der Waals surface area contributed by atoms with Gasteiger partial charge in [-0.05, 0) is 12.0 Å². The summed E-state index contributed by atoms with van der Waals surface area (Å²) >= 11 is 0. The lowest BCUT2D eigenvalue weighted by atomic mass is 10.2. The van der Waals surface area contributed by atoms with Gasteiger partial charge >= 0.3 is 0 Å². The molecule has 1 unspecified atom stereocenters. The summed E-state index contributed by atoms with van der Waals surface area (Å²) in [6.45, 7) is 15.8. The van der Waals surface area contributed by atoms with Crippen LogP contribution in [0.15, 0.2) is 24.8 Å². The molecule has 0 amide bonds. The summed E-state index contributed by atoms with van der Waals surface area (Å²) in [5, 5.41) is 0. The first kappa shape index (κ1) is 14.7. The topological polar surface area (TPSA) is 9.23 Å². The number of ether oxygens (including phenoxy) is 1. The van der Waals surface area contributed by atoms with E-state index in [0.717, 1.165) is 0 Å². The van der Waals surface area contributed by atoms with Crippen LogP contribution in [0.4, 0.5) is 0 Å². The van der Waals surface area contributed by atoms with Crippen molar-refractivity contribution < 1.29 is 4.74 Å². The average Bonchev–Trinajstić information content (AvgIpc) is 2.07. The van der Waals surface area contributed by atoms with Gasteiger partial charge in [-0.15, -0.1) is 6.58 Å². The average molecular weight is 226 g/mol. The van der Waals surface area contributed by atoms with Gasteiger partial charge in [-0.25, -0.2) is 0 Å². The Morgan fingerprint density at radius 3 is 2.20 bits per heavy atom. The van der Waals surface area contributed by atoms with Crippen molar-refractivity contribution in [1.82, 2.24) is 0 Å². The molecular weight excluding hydrogens is 200 g/mol. The fraction of sp³-hybridized carbons (Fsp3) is 0.692. The summed E-state index contributed by atoms with van der Waals surface area (Å²) in [7, 11) is -1.05. The van der Waals surface area contributed by atoms with Crippen molar-refractivity contribution in [2.45, 2.75) is 45.6 Å². The highest BCUT2D eigenvalue weighted by Gasteiger charge is 2.18. The molecule has 0 N–H and O–H groups in total. The smallest absolute Gasteiger partial charge is 0.0736 e. The van der Waals surface area contributed by atoms with Crippen LogP contribution in [0.25, 0.3) is 0 Å². The molecule has 0 heterocycles. The van der Waals surface area contributed by atoms with Crippen molar-refractivity contribution >= 4 is 8.07 Å². The monoisotopic (exact) mass is 226 g/mol. The molecule has 15 heavy (non-hydrogen) atoms. The van der Waals surface area contributed by atoms with Crippen LogP contribution < -0.4 is 0 Å². The minimum absolute atomic E-state index is 0.275. The van der Waals surface area contributed by atoms with Crippen molar-refractivity contribution in [3.63, 3.8) is 0 Å². The Balaban J connectivity index is 4.24. The molecule has 0 bridgehead atoms. The van der Waals surface area contributed by atoms with Crippen LogP contribution in [0, 0.1) is 5.92 Å². The van der Waals surface area contributed by atoms with E-state index < -0.39 is 8.07 Å². The maximum absolute atomic E-state index is 5.75. The second-order valence-electron chi connectivity index (χ2n) is 5.55. The molecule has 0 aromatic carbocycles. The number of hydrogen-bond donors (Lipinski definition) is 0. The van der Waals surface area contributed by atoms with Crippen molar-refractivity contribution in [2.24, 2.45) is 5.92 Å². The van der Waals surface area contributed by atoms with Gasteiger partial charge in [0.2, 0.25) is 0 Å². The van der Waals surface area contributed by atoms with Crippen LogP contribution in [-0.2, 0) is 4.74 Å². The van der Waals surface area contributed by atoms with Crippen LogP contribution >= 0.6 is 0 Å². The quantitative estimate of drug-likeness (QED) is 0.469. The van der Waals surface area contributed by atoms with Crippen molar-refractivity contribution in [2.75, 3.05) is 6.61 Å². The maximum Gasteiger partial charge on any atom is 0.0736 e. The minimum Gasteiger partial charge on any atom is -0.370 e. The number of allylic oxidation sites excluding steroid dienone is 1. The molecule has 0 aliphatic carbocycles. The molecule has 0 aliphatic rings. The Bertz CT molecular complexity index is 201. The van der Waals surface area contributed by atoms with Gasteiger partial charge in [-0.2, -0.15) is 0 Å². The Morgan fingerprint density at radius 2 is 1.80 bits per heavy atom. The van der Waals surface area contributed by atoms with Gasteiger partial charge in [0.05, 0.1) is 12.7 Å². The van der Waals surface area contributed by atoms with Crippen LogP contribution in [-0.4, -0.2) is 20.8 Å². The van der Waals surface area contributed by atoms with Gasteiger partial charge in [-0.3, -0.25) is 0 Å². The summed E-state index contributed by atoms with van der Waals surface area (Å²) in [4.78, 5) is 0. The SMILES string of the molecule is C=CCOC(/C=C/C(C)C)C[Si](C)(C)C. The van der Waals surface area contributed by atoms with Gasteiger partial charge in [0.25, 0.3) is 0 Å². The predicted octanol–water partition coefficient (Wildman–Crippen LogP) is 4.11. The molecule has 1 atom stereocenters. The normalized spacial score (nSPS) is 14.8. The van der Waals surface area contributed by atoms with E-state index in [4.69, 9.17) is 4.74 Å². The third-order valence-corrected chi connectivity index (χ3v) is 3.58. The Labute approximate surface area is 96.2 Å². The number of hydrogen-bond acceptors (Lipinski definition) is 1. The fourth-order valence-corrected chi connectivity index (χ4v) is 2.78. The van der Waals surface area contributed by atoms with E-state index in [9.17, 15) is 0 Å². The maximum atomic E-state index is 5.75.